The van der Waals surface area contributed by atoms with Gasteiger partial charge in [0, 0.05) is 22.9 Å². The van der Waals surface area contributed by atoms with Gasteiger partial charge in [0.25, 0.3) is 0 Å². The van der Waals surface area contributed by atoms with Crippen LogP contribution in [-0.2, 0) is 12.3 Å². The normalized spacial score (nSPS) is 13.1. The summed E-state index contributed by atoms with van der Waals surface area (Å²) in [6.07, 6.45) is 1.24. The van der Waals surface area contributed by atoms with Gasteiger partial charge in [-0.3, -0.25) is 0 Å². The fourth-order valence-electron chi connectivity index (χ4n) is 1.01. The van der Waals surface area contributed by atoms with E-state index in [1.807, 2.05) is 18.8 Å². The largest absolute Gasteiger partial charge is 0.314 e. The van der Waals surface area contributed by atoms with Crippen LogP contribution >= 0.6 is 23.1 Å². The van der Waals surface area contributed by atoms with Crippen molar-refractivity contribution in [3.05, 3.63) is 16.1 Å². The van der Waals surface area contributed by atoms with Crippen LogP contribution in [0.2, 0.25) is 0 Å². The van der Waals surface area contributed by atoms with Crippen LogP contribution in [0.5, 0.6) is 0 Å². The Morgan fingerprint density at radius 2 is 2.43 bits per heavy atom. The number of aromatic nitrogens is 1. The fourth-order valence-corrected chi connectivity index (χ4v) is 2.79. The van der Waals surface area contributed by atoms with Crippen LogP contribution in [-0.4, -0.2) is 17.3 Å². The van der Waals surface area contributed by atoms with Gasteiger partial charge in [0.05, 0.1) is 5.69 Å². The molecule has 0 radical (unpaired) electrons. The average Bonchev–Trinajstić information content (AvgIpc) is 2.63. The molecule has 0 spiro atoms. The number of nitrogens with one attached hydrogen (secondary N) is 1. The Bertz CT molecular complexity index is 260. The summed E-state index contributed by atoms with van der Waals surface area (Å²) in [5, 5.41) is 7.25. The van der Waals surface area contributed by atoms with Gasteiger partial charge in [0.1, 0.15) is 5.01 Å². The van der Waals surface area contributed by atoms with Gasteiger partial charge in [-0.1, -0.05) is 13.8 Å². The summed E-state index contributed by atoms with van der Waals surface area (Å²) in [6.45, 7) is 5.38. The van der Waals surface area contributed by atoms with Gasteiger partial charge in [-0.2, -0.15) is 11.8 Å². The van der Waals surface area contributed by atoms with Gasteiger partial charge in [-0.15, -0.1) is 11.3 Å². The molecule has 80 valence electrons. The summed E-state index contributed by atoms with van der Waals surface area (Å²) in [7, 11) is 1.95. The highest BCUT2D eigenvalue weighted by atomic mass is 32.2. The summed E-state index contributed by atoms with van der Waals surface area (Å²) in [5.74, 6) is 1.06. The molecule has 2 nitrogen and oxygen atoms in total. The minimum Gasteiger partial charge on any atom is -0.314 e. The smallest absolute Gasteiger partial charge is 0.103 e. The zero-order chi connectivity index (χ0) is 10.4. The first kappa shape index (κ1) is 12.0. The Morgan fingerprint density at radius 3 is 3.07 bits per heavy atom. The van der Waals surface area contributed by atoms with E-state index in [1.54, 1.807) is 11.3 Å². The molecule has 0 aliphatic carbocycles. The average molecular weight is 230 g/mol. The highest BCUT2D eigenvalue weighted by Crippen LogP contribution is 2.21. The van der Waals surface area contributed by atoms with Gasteiger partial charge in [-0.05, 0) is 13.5 Å². The van der Waals surface area contributed by atoms with Gasteiger partial charge < -0.3 is 5.32 Å². The van der Waals surface area contributed by atoms with E-state index in [2.05, 4.69) is 29.5 Å². The molecule has 1 aromatic rings. The minimum absolute atomic E-state index is 0.742. The van der Waals surface area contributed by atoms with Gasteiger partial charge in [-0.25, -0.2) is 4.98 Å². The van der Waals surface area contributed by atoms with Crippen molar-refractivity contribution in [2.75, 3.05) is 7.05 Å². The first-order valence-electron chi connectivity index (χ1n) is 4.95. The van der Waals surface area contributed by atoms with E-state index < -0.39 is 0 Å². The Hall–Kier alpha value is -0.0600. The van der Waals surface area contributed by atoms with Crippen LogP contribution in [0.4, 0.5) is 0 Å². The van der Waals surface area contributed by atoms with Gasteiger partial charge in [0.2, 0.25) is 0 Å². The molecule has 1 atom stereocenters. The third-order valence-electron chi connectivity index (χ3n) is 2.02. The molecule has 14 heavy (non-hydrogen) atoms. The third kappa shape index (κ3) is 3.98. The Labute approximate surface area is 94.5 Å². The topological polar surface area (TPSA) is 24.9 Å². The van der Waals surface area contributed by atoms with Crippen LogP contribution in [0, 0.1) is 0 Å². The maximum atomic E-state index is 4.54. The fraction of sp³-hybridized carbons (Fsp3) is 0.700. The molecule has 4 heteroatoms. The second-order valence-electron chi connectivity index (χ2n) is 3.29. The van der Waals surface area contributed by atoms with Crippen molar-refractivity contribution in [3.8, 4) is 0 Å². The monoisotopic (exact) mass is 230 g/mol. The Kier molecular flexibility index (Phi) is 5.52. The Morgan fingerprint density at radius 1 is 1.64 bits per heavy atom. The van der Waals surface area contributed by atoms with E-state index in [0.29, 0.717) is 0 Å². The molecule has 1 rings (SSSR count). The lowest BCUT2D eigenvalue weighted by atomic mass is 10.4. The second kappa shape index (κ2) is 6.43. The molecule has 0 aromatic carbocycles. The van der Waals surface area contributed by atoms with Crippen molar-refractivity contribution in [2.24, 2.45) is 0 Å². The standard InChI is InChI=1S/C10H18N2S2/c1-4-8(2)13-7-10-12-9(5-11-3)6-14-10/h6,8,11H,4-5,7H2,1-3H3. The van der Waals surface area contributed by atoms with E-state index in [-0.39, 0.29) is 0 Å². The van der Waals surface area contributed by atoms with Crippen molar-refractivity contribution in [3.63, 3.8) is 0 Å². The predicted molar refractivity (Wildman–Crippen MR) is 65.9 cm³/mol. The lowest BCUT2D eigenvalue weighted by Gasteiger charge is -2.05. The SMILES string of the molecule is CCC(C)SCc1nc(CNC)cs1. The number of hydrogen-bond acceptors (Lipinski definition) is 4. The quantitative estimate of drug-likeness (QED) is 0.813. The highest BCUT2D eigenvalue weighted by Gasteiger charge is 2.04. The number of nitrogens with zero attached hydrogens (tertiary/aromatic N) is 1. The molecule has 0 aliphatic rings. The molecule has 0 amide bonds. The van der Waals surface area contributed by atoms with E-state index in [4.69, 9.17) is 0 Å². The molecular formula is C10H18N2S2. The summed E-state index contributed by atoms with van der Waals surface area (Å²) in [4.78, 5) is 4.54. The zero-order valence-electron chi connectivity index (χ0n) is 9.04. The maximum absolute atomic E-state index is 4.54. The number of thioether (sulfide) groups is 1. The first-order valence-corrected chi connectivity index (χ1v) is 6.88. The number of hydrogen-bond donors (Lipinski definition) is 1. The van der Waals surface area contributed by atoms with E-state index in [0.717, 1.165) is 23.2 Å². The molecular weight excluding hydrogens is 212 g/mol. The van der Waals surface area contributed by atoms with E-state index in [1.165, 1.54) is 11.4 Å². The molecule has 1 heterocycles. The first-order chi connectivity index (χ1) is 6.76. The minimum atomic E-state index is 0.742. The lowest BCUT2D eigenvalue weighted by Crippen LogP contribution is -2.05. The Balaban J connectivity index is 2.35. The van der Waals surface area contributed by atoms with Crippen LogP contribution < -0.4 is 5.32 Å². The van der Waals surface area contributed by atoms with E-state index in [9.17, 15) is 0 Å². The van der Waals surface area contributed by atoms with Crippen LogP contribution in [0.1, 0.15) is 31.0 Å². The van der Waals surface area contributed by atoms with Gasteiger partial charge in [0.15, 0.2) is 0 Å². The van der Waals surface area contributed by atoms with Crippen molar-refractivity contribution >= 4 is 23.1 Å². The number of rotatable bonds is 6. The molecule has 0 bridgehead atoms. The zero-order valence-corrected chi connectivity index (χ0v) is 10.7. The maximum Gasteiger partial charge on any atom is 0.103 e. The molecule has 1 N–H and O–H groups in total. The van der Waals surface area contributed by atoms with E-state index >= 15 is 0 Å². The summed E-state index contributed by atoms with van der Waals surface area (Å²) < 4.78 is 0. The summed E-state index contributed by atoms with van der Waals surface area (Å²) in [6, 6.07) is 0. The molecule has 0 saturated heterocycles. The lowest BCUT2D eigenvalue weighted by molar-refractivity contribution is 0.794. The van der Waals surface area contributed by atoms with Crippen LogP contribution in [0.15, 0.2) is 5.38 Å². The van der Waals surface area contributed by atoms with Gasteiger partial charge >= 0.3 is 0 Å². The summed E-state index contributed by atoms with van der Waals surface area (Å²) in [5.41, 5.74) is 1.16. The van der Waals surface area contributed by atoms with Crippen molar-refractivity contribution in [1.82, 2.24) is 10.3 Å². The molecule has 1 unspecified atom stereocenters. The van der Waals surface area contributed by atoms with Crippen molar-refractivity contribution in [2.45, 2.75) is 37.8 Å². The van der Waals surface area contributed by atoms with Crippen molar-refractivity contribution < 1.29 is 0 Å². The molecule has 1 aromatic heterocycles. The second-order valence-corrected chi connectivity index (χ2v) is 5.66. The molecule has 0 fully saturated rings. The van der Waals surface area contributed by atoms with Crippen LogP contribution in [0.25, 0.3) is 0 Å². The van der Waals surface area contributed by atoms with Crippen molar-refractivity contribution in [1.29, 1.82) is 0 Å². The third-order valence-corrected chi connectivity index (χ3v) is 4.45. The number of thiazole rings is 1. The highest BCUT2D eigenvalue weighted by molar-refractivity contribution is 7.99. The molecule has 0 saturated carbocycles. The summed E-state index contributed by atoms with van der Waals surface area (Å²) >= 11 is 3.76. The molecule has 0 aliphatic heterocycles. The predicted octanol–water partition coefficient (Wildman–Crippen LogP) is 2.89. The van der Waals surface area contributed by atoms with Crippen LogP contribution in [0.3, 0.4) is 0 Å².